The fourth-order valence-corrected chi connectivity index (χ4v) is 3.16. The summed E-state index contributed by atoms with van der Waals surface area (Å²) in [4.78, 5) is 26.5. The van der Waals surface area contributed by atoms with Crippen LogP contribution in [0.1, 0.15) is 41.7 Å². The van der Waals surface area contributed by atoms with Crippen molar-refractivity contribution in [2.75, 3.05) is 13.2 Å². The number of carbonyl (C=O) groups is 1. The lowest BCUT2D eigenvalue weighted by Gasteiger charge is -2.25. The summed E-state index contributed by atoms with van der Waals surface area (Å²) in [6.07, 6.45) is 3.54. The van der Waals surface area contributed by atoms with Crippen LogP contribution in [0.5, 0.6) is 5.75 Å². The van der Waals surface area contributed by atoms with E-state index in [0.717, 1.165) is 24.2 Å². The number of hydrogen-bond acceptors (Lipinski definition) is 3. The van der Waals surface area contributed by atoms with Gasteiger partial charge in [-0.05, 0) is 43.5 Å². The van der Waals surface area contributed by atoms with Crippen LogP contribution >= 0.6 is 0 Å². The van der Waals surface area contributed by atoms with E-state index in [-0.39, 0.29) is 17.5 Å². The third-order valence-corrected chi connectivity index (χ3v) is 4.44. The Kier molecular flexibility index (Phi) is 4.69. The molecule has 2 heterocycles. The summed E-state index contributed by atoms with van der Waals surface area (Å²) in [6, 6.07) is 11.1. The molecule has 1 aliphatic heterocycles. The number of rotatable bonds is 4. The summed E-state index contributed by atoms with van der Waals surface area (Å²) in [5.74, 6) is 0.757. The van der Waals surface area contributed by atoms with E-state index in [0.29, 0.717) is 18.7 Å². The largest absolute Gasteiger partial charge is 0.494 e. The van der Waals surface area contributed by atoms with Crippen LogP contribution in [0.15, 0.2) is 47.4 Å². The number of nitrogens with zero attached hydrogens (tertiary/aromatic N) is 2. The van der Waals surface area contributed by atoms with Gasteiger partial charge in [-0.2, -0.15) is 0 Å². The number of likely N-dealkylation sites (tertiary alicyclic amines) is 1. The Morgan fingerprint density at radius 2 is 2.00 bits per heavy atom. The zero-order chi connectivity index (χ0) is 17.1. The van der Waals surface area contributed by atoms with Gasteiger partial charge in [-0.1, -0.05) is 12.1 Å². The molecular formula is C19H22N2O3. The molecule has 1 aromatic carbocycles. The number of aryl methyl sites for hydroxylation is 1. The summed E-state index contributed by atoms with van der Waals surface area (Å²) in [5, 5.41) is 0. The number of carbonyl (C=O) groups excluding carboxylic acids is 1. The molecule has 1 aromatic heterocycles. The highest BCUT2D eigenvalue weighted by molar-refractivity contribution is 5.94. The SMILES string of the molecule is CCOc1ccc(C2CCCN2C(=O)c2ccn(C)c(=O)c2)cc1. The molecule has 1 aliphatic rings. The van der Waals surface area contributed by atoms with Gasteiger partial charge in [-0.3, -0.25) is 9.59 Å². The molecule has 1 atom stereocenters. The summed E-state index contributed by atoms with van der Waals surface area (Å²) in [6.45, 7) is 3.30. The Bertz CT molecular complexity index is 780. The van der Waals surface area contributed by atoms with Gasteiger partial charge in [0, 0.05) is 31.4 Å². The topological polar surface area (TPSA) is 51.5 Å². The van der Waals surface area contributed by atoms with Gasteiger partial charge in [-0.25, -0.2) is 0 Å². The molecule has 0 saturated carbocycles. The summed E-state index contributed by atoms with van der Waals surface area (Å²) in [7, 11) is 1.68. The maximum atomic E-state index is 12.8. The number of amides is 1. The monoisotopic (exact) mass is 326 g/mol. The van der Waals surface area contributed by atoms with E-state index in [1.165, 1.54) is 10.6 Å². The number of benzene rings is 1. The fourth-order valence-electron chi connectivity index (χ4n) is 3.16. The highest BCUT2D eigenvalue weighted by Gasteiger charge is 2.30. The molecule has 1 fully saturated rings. The molecule has 0 bridgehead atoms. The van der Waals surface area contributed by atoms with Crippen LogP contribution in [0.3, 0.4) is 0 Å². The van der Waals surface area contributed by atoms with E-state index in [4.69, 9.17) is 4.74 Å². The molecule has 1 amide bonds. The van der Waals surface area contributed by atoms with Crippen LogP contribution in [0.2, 0.25) is 0 Å². The minimum atomic E-state index is -0.169. The minimum Gasteiger partial charge on any atom is -0.494 e. The van der Waals surface area contributed by atoms with E-state index < -0.39 is 0 Å². The van der Waals surface area contributed by atoms with Crippen molar-refractivity contribution in [1.29, 1.82) is 0 Å². The van der Waals surface area contributed by atoms with E-state index in [9.17, 15) is 9.59 Å². The van der Waals surface area contributed by atoms with Crippen molar-refractivity contribution < 1.29 is 9.53 Å². The quantitative estimate of drug-likeness (QED) is 0.868. The van der Waals surface area contributed by atoms with E-state index in [1.54, 1.807) is 19.3 Å². The molecule has 2 aromatic rings. The summed E-state index contributed by atoms with van der Waals surface area (Å²) >= 11 is 0. The molecule has 0 N–H and O–H groups in total. The lowest BCUT2D eigenvalue weighted by Crippen LogP contribution is -2.31. The van der Waals surface area contributed by atoms with Gasteiger partial charge in [0.2, 0.25) is 0 Å². The van der Waals surface area contributed by atoms with Crippen LogP contribution in [0.4, 0.5) is 0 Å². The van der Waals surface area contributed by atoms with Crippen molar-refractivity contribution in [2.24, 2.45) is 7.05 Å². The van der Waals surface area contributed by atoms with Gasteiger partial charge in [0.15, 0.2) is 0 Å². The Morgan fingerprint density at radius 1 is 1.25 bits per heavy atom. The van der Waals surface area contributed by atoms with Gasteiger partial charge in [0.1, 0.15) is 5.75 Å². The summed E-state index contributed by atoms with van der Waals surface area (Å²) in [5.41, 5.74) is 1.39. The second kappa shape index (κ2) is 6.91. The second-order valence-corrected chi connectivity index (χ2v) is 6.02. The average Bonchev–Trinajstić information content (AvgIpc) is 3.07. The van der Waals surface area contributed by atoms with E-state index in [2.05, 4.69) is 0 Å². The predicted molar refractivity (Wildman–Crippen MR) is 92.3 cm³/mol. The first-order valence-electron chi connectivity index (χ1n) is 8.30. The van der Waals surface area contributed by atoms with Crippen molar-refractivity contribution in [3.05, 3.63) is 64.1 Å². The van der Waals surface area contributed by atoms with Gasteiger partial charge < -0.3 is 14.2 Å². The summed E-state index contributed by atoms with van der Waals surface area (Å²) < 4.78 is 6.94. The Morgan fingerprint density at radius 3 is 2.67 bits per heavy atom. The maximum Gasteiger partial charge on any atom is 0.254 e. The molecule has 126 valence electrons. The molecule has 3 rings (SSSR count). The lowest BCUT2D eigenvalue weighted by molar-refractivity contribution is 0.0735. The Balaban J connectivity index is 1.83. The van der Waals surface area contributed by atoms with Gasteiger partial charge in [-0.15, -0.1) is 0 Å². The molecule has 5 nitrogen and oxygen atoms in total. The molecule has 24 heavy (non-hydrogen) atoms. The van der Waals surface area contributed by atoms with Crippen molar-refractivity contribution in [3.63, 3.8) is 0 Å². The van der Waals surface area contributed by atoms with E-state index >= 15 is 0 Å². The molecule has 1 saturated heterocycles. The first-order valence-corrected chi connectivity index (χ1v) is 8.30. The van der Waals surface area contributed by atoms with Crippen LogP contribution in [-0.4, -0.2) is 28.5 Å². The van der Waals surface area contributed by atoms with Gasteiger partial charge >= 0.3 is 0 Å². The number of pyridine rings is 1. The smallest absolute Gasteiger partial charge is 0.254 e. The zero-order valence-corrected chi connectivity index (χ0v) is 14.1. The van der Waals surface area contributed by atoms with Crippen molar-refractivity contribution in [2.45, 2.75) is 25.8 Å². The normalized spacial score (nSPS) is 17.1. The number of aromatic nitrogens is 1. The molecule has 1 unspecified atom stereocenters. The van der Waals surface area contributed by atoms with E-state index in [1.807, 2.05) is 36.1 Å². The highest BCUT2D eigenvalue weighted by Crippen LogP contribution is 2.33. The average molecular weight is 326 g/mol. The van der Waals surface area contributed by atoms with Gasteiger partial charge in [0.05, 0.1) is 12.6 Å². The number of hydrogen-bond donors (Lipinski definition) is 0. The number of ether oxygens (including phenoxy) is 1. The van der Waals surface area contributed by atoms with Crippen LogP contribution < -0.4 is 10.3 Å². The molecule has 0 spiro atoms. The molecular weight excluding hydrogens is 304 g/mol. The maximum absolute atomic E-state index is 12.8. The van der Waals surface area contributed by atoms with Crippen LogP contribution in [-0.2, 0) is 7.05 Å². The lowest BCUT2D eigenvalue weighted by atomic mass is 10.0. The Labute approximate surface area is 141 Å². The fraction of sp³-hybridized carbons (Fsp3) is 0.368. The predicted octanol–water partition coefficient (Wildman–Crippen LogP) is 2.76. The molecule has 0 radical (unpaired) electrons. The minimum absolute atomic E-state index is 0.0530. The Hall–Kier alpha value is -2.56. The standard InChI is InChI=1S/C19H22N2O3/c1-3-24-16-8-6-14(7-9-16)17-5-4-11-21(17)19(23)15-10-12-20(2)18(22)13-15/h6-10,12-13,17H,3-5,11H2,1-2H3. The van der Waals surface area contributed by atoms with Crippen LogP contribution in [0, 0.1) is 0 Å². The van der Waals surface area contributed by atoms with Crippen molar-refractivity contribution in [1.82, 2.24) is 9.47 Å². The molecule has 0 aliphatic carbocycles. The van der Waals surface area contributed by atoms with Crippen molar-refractivity contribution >= 4 is 5.91 Å². The zero-order valence-electron chi connectivity index (χ0n) is 14.1. The van der Waals surface area contributed by atoms with Crippen molar-refractivity contribution in [3.8, 4) is 5.75 Å². The first-order chi connectivity index (χ1) is 11.6. The third-order valence-electron chi connectivity index (χ3n) is 4.44. The van der Waals surface area contributed by atoms with Crippen LogP contribution in [0.25, 0.3) is 0 Å². The van der Waals surface area contributed by atoms with Gasteiger partial charge in [0.25, 0.3) is 11.5 Å². The second-order valence-electron chi connectivity index (χ2n) is 6.02. The molecule has 5 heteroatoms. The highest BCUT2D eigenvalue weighted by atomic mass is 16.5. The third kappa shape index (κ3) is 3.20. The first kappa shape index (κ1) is 16.3.